The summed E-state index contributed by atoms with van der Waals surface area (Å²) in [6.07, 6.45) is -3.10. The highest BCUT2D eigenvalue weighted by Gasteiger charge is 2.34. The lowest BCUT2D eigenvalue weighted by Gasteiger charge is -2.24. The van der Waals surface area contributed by atoms with E-state index in [1.54, 1.807) is 0 Å². The van der Waals surface area contributed by atoms with Crippen LogP contribution in [0.3, 0.4) is 0 Å². The van der Waals surface area contributed by atoms with Crippen LogP contribution in [0.5, 0.6) is 0 Å². The predicted molar refractivity (Wildman–Crippen MR) is 77.0 cm³/mol. The average Bonchev–Trinajstić information content (AvgIpc) is 2.40. The summed E-state index contributed by atoms with van der Waals surface area (Å²) in [7, 11) is 0. The van der Waals surface area contributed by atoms with Crippen LogP contribution >= 0.6 is 12.2 Å². The number of amides is 1. The Morgan fingerprint density at radius 1 is 1.43 bits per heavy atom. The van der Waals surface area contributed by atoms with Crippen molar-refractivity contribution < 1.29 is 18.0 Å². The number of thiocarbonyl (C=S) groups is 1. The number of anilines is 1. The maximum absolute atomic E-state index is 12.9. The SMILES string of the molecule is NC(=S)c1cc(NC2CCCNC2=O)ccc1C(F)(F)F. The minimum atomic E-state index is -4.53. The molecule has 0 aliphatic carbocycles. The normalized spacial score (nSPS) is 19.0. The van der Waals surface area contributed by atoms with Crippen LogP contribution in [0.15, 0.2) is 18.2 Å². The maximum Gasteiger partial charge on any atom is 0.417 e. The van der Waals surface area contributed by atoms with Gasteiger partial charge in [-0.2, -0.15) is 13.2 Å². The number of carbonyl (C=O) groups is 1. The summed E-state index contributed by atoms with van der Waals surface area (Å²) in [6, 6.07) is 2.95. The molecule has 4 nitrogen and oxygen atoms in total. The molecule has 2 rings (SSSR count). The van der Waals surface area contributed by atoms with Gasteiger partial charge in [-0.25, -0.2) is 0 Å². The molecule has 1 aliphatic heterocycles. The fourth-order valence-electron chi connectivity index (χ4n) is 2.20. The van der Waals surface area contributed by atoms with Crippen molar-refractivity contribution in [1.82, 2.24) is 5.32 Å². The fourth-order valence-corrected chi connectivity index (χ4v) is 2.36. The van der Waals surface area contributed by atoms with E-state index in [-0.39, 0.29) is 16.5 Å². The van der Waals surface area contributed by atoms with Crippen molar-refractivity contribution in [2.45, 2.75) is 25.1 Å². The molecule has 114 valence electrons. The smallest absolute Gasteiger partial charge is 0.389 e. The Hall–Kier alpha value is -1.83. The van der Waals surface area contributed by atoms with Gasteiger partial charge in [0.1, 0.15) is 11.0 Å². The molecule has 0 aromatic heterocycles. The van der Waals surface area contributed by atoms with Crippen molar-refractivity contribution >= 4 is 28.8 Å². The topological polar surface area (TPSA) is 67.2 Å². The van der Waals surface area contributed by atoms with Crippen LogP contribution in [-0.4, -0.2) is 23.5 Å². The highest BCUT2D eigenvalue weighted by atomic mass is 32.1. The largest absolute Gasteiger partial charge is 0.417 e. The van der Waals surface area contributed by atoms with Gasteiger partial charge < -0.3 is 16.4 Å². The number of alkyl halides is 3. The zero-order valence-electron chi connectivity index (χ0n) is 11.0. The van der Waals surface area contributed by atoms with E-state index in [1.165, 1.54) is 12.1 Å². The van der Waals surface area contributed by atoms with Crippen LogP contribution in [0, 0.1) is 0 Å². The van der Waals surface area contributed by atoms with Gasteiger partial charge >= 0.3 is 6.18 Å². The molecule has 1 fully saturated rings. The van der Waals surface area contributed by atoms with Crippen molar-refractivity contribution in [3.63, 3.8) is 0 Å². The van der Waals surface area contributed by atoms with E-state index in [0.717, 1.165) is 12.5 Å². The van der Waals surface area contributed by atoms with Crippen molar-refractivity contribution in [2.24, 2.45) is 5.73 Å². The number of hydrogen-bond donors (Lipinski definition) is 3. The Balaban J connectivity index is 2.28. The third kappa shape index (κ3) is 3.63. The minimum absolute atomic E-state index is 0.168. The molecule has 1 aromatic rings. The first-order valence-electron chi connectivity index (χ1n) is 6.34. The molecular formula is C13H14F3N3OS. The van der Waals surface area contributed by atoms with E-state index < -0.39 is 17.8 Å². The first-order chi connectivity index (χ1) is 9.79. The second-order valence-electron chi connectivity index (χ2n) is 4.75. The zero-order valence-corrected chi connectivity index (χ0v) is 11.8. The highest BCUT2D eigenvalue weighted by Crippen LogP contribution is 2.33. The van der Waals surface area contributed by atoms with E-state index in [9.17, 15) is 18.0 Å². The van der Waals surface area contributed by atoms with Gasteiger partial charge in [0.2, 0.25) is 5.91 Å². The van der Waals surface area contributed by atoms with Gasteiger partial charge in [-0.05, 0) is 31.0 Å². The standard InChI is InChI=1S/C13H14F3N3OS/c14-13(15,16)9-4-3-7(6-8(9)11(17)21)19-10-2-1-5-18-12(10)20/h3-4,6,10,19H,1-2,5H2,(H2,17,21)(H,18,20). The average molecular weight is 317 g/mol. The van der Waals surface area contributed by atoms with Crippen LogP contribution in [0.25, 0.3) is 0 Å². The lowest BCUT2D eigenvalue weighted by Crippen LogP contribution is -2.44. The third-order valence-corrected chi connectivity index (χ3v) is 3.44. The molecule has 1 unspecified atom stereocenters. The van der Waals surface area contributed by atoms with E-state index in [0.29, 0.717) is 18.7 Å². The number of halogens is 3. The van der Waals surface area contributed by atoms with E-state index in [4.69, 9.17) is 5.73 Å². The number of rotatable bonds is 3. The summed E-state index contributed by atoms with van der Waals surface area (Å²) >= 11 is 4.68. The second kappa shape index (κ2) is 5.88. The molecule has 1 aromatic carbocycles. The molecule has 8 heteroatoms. The molecule has 0 bridgehead atoms. The third-order valence-electron chi connectivity index (χ3n) is 3.22. The maximum atomic E-state index is 12.9. The molecule has 1 aliphatic rings. The van der Waals surface area contributed by atoms with E-state index >= 15 is 0 Å². The summed E-state index contributed by atoms with van der Waals surface area (Å²) in [5.41, 5.74) is 4.62. The van der Waals surface area contributed by atoms with Crippen molar-refractivity contribution in [1.29, 1.82) is 0 Å². The van der Waals surface area contributed by atoms with Gasteiger partial charge in [-0.15, -0.1) is 0 Å². The summed E-state index contributed by atoms with van der Waals surface area (Å²) in [5.74, 6) is -0.168. The highest BCUT2D eigenvalue weighted by molar-refractivity contribution is 7.80. The lowest BCUT2D eigenvalue weighted by molar-refractivity contribution is -0.137. The summed E-state index contributed by atoms with van der Waals surface area (Å²) in [5, 5.41) is 5.60. The first kappa shape index (κ1) is 15.6. The van der Waals surface area contributed by atoms with Crippen molar-refractivity contribution in [3.05, 3.63) is 29.3 Å². The van der Waals surface area contributed by atoms with Gasteiger partial charge in [-0.3, -0.25) is 4.79 Å². The quantitative estimate of drug-likeness (QED) is 0.746. The molecule has 4 N–H and O–H groups in total. The summed E-state index contributed by atoms with van der Waals surface area (Å²) in [4.78, 5) is 11.3. The molecule has 0 spiro atoms. The number of benzene rings is 1. The van der Waals surface area contributed by atoms with Gasteiger partial charge in [-0.1, -0.05) is 12.2 Å². The van der Waals surface area contributed by atoms with E-state index in [1.807, 2.05) is 0 Å². The first-order valence-corrected chi connectivity index (χ1v) is 6.75. The van der Waals surface area contributed by atoms with Gasteiger partial charge in [0.15, 0.2) is 0 Å². The van der Waals surface area contributed by atoms with Crippen LogP contribution in [0.2, 0.25) is 0 Å². The second-order valence-corrected chi connectivity index (χ2v) is 5.19. The number of piperidine rings is 1. The van der Waals surface area contributed by atoms with Gasteiger partial charge in [0, 0.05) is 17.8 Å². The van der Waals surface area contributed by atoms with Crippen LogP contribution in [0.1, 0.15) is 24.0 Å². The lowest BCUT2D eigenvalue weighted by atomic mass is 10.0. The Bertz CT molecular complexity index is 574. The zero-order chi connectivity index (χ0) is 15.6. The number of nitrogens with one attached hydrogen (secondary N) is 2. The number of carbonyl (C=O) groups excluding carboxylic acids is 1. The molecule has 1 amide bonds. The Morgan fingerprint density at radius 3 is 2.71 bits per heavy atom. The van der Waals surface area contributed by atoms with E-state index in [2.05, 4.69) is 22.9 Å². The van der Waals surface area contributed by atoms with Crippen LogP contribution in [-0.2, 0) is 11.0 Å². The number of hydrogen-bond acceptors (Lipinski definition) is 3. The Morgan fingerprint density at radius 2 is 2.14 bits per heavy atom. The molecule has 1 atom stereocenters. The van der Waals surface area contributed by atoms with Crippen molar-refractivity contribution in [2.75, 3.05) is 11.9 Å². The molecule has 1 saturated heterocycles. The molecule has 0 saturated carbocycles. The minimum Gasteiger partial charge on any atom is -0.389 e. The monoisotopic (exact) mass is 317 g/mol. The fraction of sp³-hybridized carbons (Fsp3) is 0.385. The Labute approximate surface area is 124 Å². The van der Waals surface area contributed by atoms with Crippen LogP contribution < -0.4 is 16.4 Å². The number of nitrogens with two attached hydrogens (primary N) is 1. The van der Waals surface area contributed by atoms with Crippen molar-refractivity contribution in [3.8, 4) is 0 Å². The molecule has 1 heterocycles. The molecular weight excluding hydrogens is 303 g/mol. The molecule has 0 radical (unpaired) electrons. The van der Waals surface area contributed by atoms with Gasteiger partial charge in [0.25, 0.3) is 0 Å². The predicted octanol–water partition coefficient (Wildman–Crippen LogP) is 2.03. The summed E-state index contributed by atoms with van der Waals surface area (Å²) < 4.78 is 38.6. The van der Waals surface area contributed by atoms with Gasteiger partial charge in [0.05, 0.1) is 5.56 Å². The van der Waals surface area contributed by atoms with Crippen LogP contribution in [0.4, 0.5) is 18.9 Å². The summed E-state index contributed by atoms with van der Waals surface area (Å²) in [6.45, 7) is 0.613. The molecule has 21 heavy (non-hydrogen) atoms. The Kier molecular flexibility index (Phi) is 4.36.